The van der Waals surface area contributed by atoms with E-state index in [1.165, 1.54) is 6.07 Å². The molecule has 0 amide bonds. The van der Waals surface area contributed by atoms with Gasteiger partial charge in [0.25, 0.3) is 0 Å². The van der Waals surface area contributed by atoms with Crippen LogP contribution in [0.2, 0.25) is 0 Å². The first-order chi connectivity index (χ1) is 6.74. The number of ether oxygens (including phenoxy) is 1. The fraction of sp³-hybridized carbons (Fsp3) is 0.400. The number of alkyl halides is 1. The van der Waals surface area contributed by atoms with Gasteiger partial charge in [-0.3, -0.25) is 4.39 Å². The maximum atomic E-state index is 13.1. The van der Waals surface area contributed by atoms with E-state index in [1.807, 2.05) is 0 Å². The first-order valence-electron chi connectivity index (χ1n) is 4.38. The minimum absolute atomic E-state index is 0.215. The van der Waals surface area contributed by atoms with Crippen LogP contribution in [-0.4, -0.2) is 13.3 Å². The molecule has 0 bridgehead atoms. The van der Waals surface area contributed by atoms with E-state index in [0.29, 0.717) is 23.9 Å². The van der Waals surface area contributed by atoms with E-state index in [-0.39, 0.29) is 12.4 Å². The second-order valence-corrected chi connectivity index (χ2v) is 3.73. The molecule has 14 heavy (non-hydrogen) atoms. The summed E-state index contributed by atoms with van der Waals surface area (Å²) in [5.41, 5.74) is 0. The normalized spacial score (nSPS) is 10.2. The summed E-state index contributed by atoms with van der Waals surface area (Å²) in [5, 5.41) is 0. The third kappa shape index (κ3) is 3.62. The number of unbranched alkanes of at least 4 members (excludes halogenated alkanes) is 1. The predicted molar refractivity (Wildman–Crippen MR) is 54.8 cm³/mol. The van der Waals surface area contributed by atoms with Gasteiger partial charge in [-0.15, -0.1) is 0 Å². The molecule has 0 atom stereocenters. The van der Waals surface area contributed by atoms with Gasteiger partial charge in [-0.1, -0.05) is 15.9 Å². The minimum Gasteiger partial charge on any atom is -0.491 e. The van der Waals surface area contributed by atoms with Gasteiger partial charge >= 0.3 is 0 Å². The van der Waals surface area contributed by atoms with E-state index in [1.54, 1.807) is 12.1 Å². The molecule has 0 saturated heterocycles. The van der Waals surface area contributed by atoms with Crippen LogP contribution < -0.4 is 4.74 Å². The van der Waals surface area contributed by atoms with Crippen molar-refractivity contribution in [3.05, 3.63) is 28.5 Å². The summed E-state index contributed by atoms with van der Waals surface area (Å²) in [5.74, 6) is -0.188. The smallest absolute Gasteiger partial charge is 0.166 e. The molecule has 0 heterocycles. The Morgan fingerprint density at radius 2 is 2.07 bits per heavy atom. The van der Waals surface area contributed by atoms with Crippen molar-refractivity contribution in [3.8, 4) is 5.75 Å². The summed E-state index contributed by atoms with van der Waals surface area (Å²) in [6.07, 6.45) is 1.06. The molecular weight excluding hydrogens is 254 g/mol. The number of hydrogen-bond donors (Lipinski definition) is 0. The lowest BCUT2D eigenvalue weighted by Gasteiger charge is -2.06. The van der Waals surface area contributed by atoms with Crippen LogP contribution in [0.1, 0.15) is 12.8 Å². The van der Waals surface area contributed by atoms with E-state index in [4.69, 9.17) is 4.74 Å². The largest absolute Gasteiger partial charge is 0.491 e. The molecule has 1 nitrogen and oxygen atoms in total. The van der Waals surface area contributed by atoms with Gasteiger partial charge in [-0.05, 0) is 31.0 Å². The van der Waals surface area contributed by atoms with Crippen molar-refractivity contribution in [2.45, 2.75) is 12.8 Å². The average molecular weight is 265 g/mol. The summed E-state index contributed by atoms with van der Waals surface area (Å²) >= 11 is 3.14. The second kappa shape index (κ2) is 5.96. The molecule has 0 spiro atoms. The van der Waals surface area contributed by atoms with Crippen LogP contribution in [0, 0.1) is 5.82 Å². The molecule has 4 heteroatoms. The fourth-order valence-corrected chi connectivity index (χ4v) is 1.30. The van der Waals surface area contributed by atoms with Crippen molar-refractivity contribution < 1.29 is 13.5 Å². The van der Waals surface area contributed by atoms with Gasteiger partial charge in [0.05, 0.1) is 13.3 Å². The summed E-state index contributed by atoms with van der Waals surface area (Å²) in [7, 11) is 0. The SMILES string of the molecule is FCCCCOc1ccc(Br)cc1F. The van der Waals surface area contributed by atoms with Gasteiger partial charge < -0.3 is 4.74 Å². The van der Waals surface area contributed by atoms with E-state index < -0.39 is 5.82 Å². The molecule has 78 valence electrons. The van der Waals surface area contributed by atoms with Crippen LogP contribution in [-0.2, 0) is 0 Å². The van der Waals surface area contributed by atoms with Crippen LogP contribution in [0.3, 0.4) is 0 Å². The van der Waals surface area contributed by atoms with Crippen molar-refractivity contribution in [2.24, 2.45) is 0 Å². The number of benzene rings is 1. The summed E-state index contributed by atoms with van der Waals surface area (Å²) < 4.78 is 30.6. The fourth-order valence-electron chi connectivity index (χ4n) is 0.971. The maximum Gasteiger partial charge on any atom is 0.166 e. The maximum absolute atomic E-state index is 13.1. The Morgan fingerprint density at radius 1 is 1.29 bits per heavy atom. The second-order valence-electron chi connectivity index (χ2n) is 2.82. The van der Waals surface area contributed by atoms with Gasteiger partial charge in [0.1, 0.15) is 0 Å². The van der Waals surface area contributed by atoms with E-state index in [0.717, 1.165) is 0 Å². The van der Waals surface area contributed by atoms with Crippen molar-refractivity contribution in [1.29, 1.82) is 0 Å². The Hall–Kier alpha value is -0.640. The first kappa shape index (κ1) is 11.4. The number of halogens is 3. The van der Waals surface area contributed by atoms with E-state index in [2.05, 4.69) is 15.9 Å². The number of rotatable bonds is 5. The molecule has 0 aromatic heterocycles. The van der Waals surface area contributed by atoms with Crippen LogP contribution in [0.15, 0.2) is 22.7 Å². The molecule has 0 aliphatic carbocycles. The average Bonchev–Trinajstić information content (AvgIpc) is 2.15. The molecule has 1 rings (SSSR count). The molecule has 0 fully saturated rings. The molecule has 0 aliphatic heterocycles. The highest BCUT2D eigenvalue weighted by atomic mass is 79.9. The standard InChI is InChI=1S/C10H11BrF2O/c11-8-3-4-10(9(13)7-8)14-6-2-1-5-12/h3-4,7H,1-2,5-6H2. The summed E-state index contributed by atoms with van der Waals surface area (Å²) in [4.78, 5) is 0. The molecule has 1 aromatic carbocycles. The zero-order valence-electron chi connectivity index (χ0n) is 7.60. The van der Waals surface area contributed by atoms with Crippen LogP contribution in [0.5, 0.6) is 5.75 Å². The molecule has 0 saturated carbocycles. The van der Waals surface area contributed by atoms with Crippen molar-refractivity contribution in [1.82, 2.24) is 0 Å². The third-order valence-electron chi connectivity index (χ3n) is 1.68. The van der Waals surface area contributed by atoms with Gasteiger partial charge in [0, 0.05) is 4.47 Å². The molecule has 0 unspecified atom stereocenters. The summed E-state index contributed by atoms with van der Waals surface area (Å²) in [6.45, 7) is -0.00531. The van der Waals surface area contributed by atoms with Gasteiger partial charge in [0.15, 0.2) is 11.6 Å². The Kier molecular flexibility index (Phi) is 4.87. The van der Waals surface area contributed by atoms with E-state index >= 15 is 0 Å². The van der Waals surface area contributed by atoms with Crippen molar-refractivity contribution >= 4 is 15.9 Å². The highest BCUT2D eigenvalue weighted by Crippen LogP contribution is 2.21. The first-order valence-corrected chi connectivity index (χ1v) is 5.17. The molecule has 1 aromatic rings. The zero-order chi connectivity index (χ0) is 10.4. The topological polar surface area (TPSA) is 9.23 Å². The Balaban J connectivity index is 2.42. The Labute approximate surface area is 90.2 Å². The highest BCUT2D eigenvalue weighted by Gasteiger charge is 2.02. The van der Waals surface area contributed by atoms with Crippen LogP contribution in [0.4, 0.5) is 8.78 Å². The molecular formula is C10H11BrF2O. The molecule has 0 radical (unpaired) electrons. The zero-order valence-corrected chi connectivity index (χ0v) is 9.19. The third-order valence-corrected chi connectivity index (χ3v) is 2.17. The lowest BCUT2D eigenvalue weighted by molar-refractivity contribution is 0.284. The molecule has 0 aliphatic rings. The highest BCUT2D eigenvalue weighted by molar-refractivity contribution is 9.10. The monoisotopic (exact) mass is 264 g/mol. The molecule has 0 N–H and O–H groups in total. The quantitative estimate of drug-likeness (QED) is 0.737. The lowest BCUT2D eigenvalue weighted by atomic mass is 10.3. The van der Waals surface area contributed by atoms with Gasteiger partial charge in [-0.2, -0.15) is 0 Å². The lowest BCUT2D eigenvalue weighted by Crippen LogP contribution is -1.99. The predicted octanol–water partition coefficient (Wildman–Crippen LogP) is 3.72. The number of hydrogen-bond acceptors (Lipinski definition) is 1. The van der Waals surface area contributed by atoms with Gasteiger partial charge in [0.2, 0.25) is 0 Å². The van der Waals surface area contributed by atoms with E-state index in [9.17, 15) is 8.78 Å². The summed E-state index contributed by atoms with van der Waals surface area (Å²) in [6, 6.07) is 4.59. The Bertz CT molecular complexity index is 291. The van der Waals surface area contributed by atoms with Crippen LogP contribution in [0.25, 0.3) is 0 Å². The van der Waals surface area contributed by atoms with Crippen molar-refractivity contribution in [3.63, 3.8) is 0 Å². The minimum atomic E-state index is -0.403. The van der Waals surface area contributed by atoms with Crippen LogP contribution >= 0.6 is 15.9 Å². The van der Waals surface area contributed by atoms with Gasteiger partial charge in [-0.25, -0.2) is 4.39 Å². The Morgan fingerprint density at radius 3 is 2.71 bits per heavy atom. The van der Waals surface area contributed by atoms with Crippen molar-refractivity contribution in [2.75, 3.05) is 13.3 Å².